The second-order valence-electron chi connectivity index (χ2n) is 6.39. The third-order valence-electron chi connectivity index (χ3n) is 4.50. The molecule has 1 heterocycles. The fraction of sp³-hybridized carbons (Fsp3) is 0.647. The topological polar surface area (TPSA) is 32.5 Å². The minimum atomic E-state index is 0. The van der Waals surface area contributed by atoms with Crippen molar-refractivity contribution in [1.29, 1.82) is 0 Å². The largest absolute Gasteiger partial charge is 0.329 e. The summed E-state index contributed by atoms with van der Waals surface area (Å²) in [5.74, 6) is 1.39. The van der Waals surface area contributed by atoms with Gasteiger partial charge in [0.05, 0.1) is 0 Å². The highest BCUT2D eigenvalue weighted by Gasteiger charge is 2.33. The molecule has 0 spiro atoms. The Morgan fingerprint density at radius 3 is 2.24 bits per heavy atom. The molecular formula is C17H30ClN3. The molecule has 1 aromatic carbocycles. The van der Waals surface area contributed by atoms with Gasteiger partial charge in [-0.15, -0.1) is 12.4 Å². The lowest BCUT2D eigenvalue weighted by Crippen LogP contribution is -2.54. The number of rotatable bonds is 5. The van der Waals surface area contributed by atoms with Crippen molar-refractivity contribution >= 4 is 12.4 Å². The summed E-state index contributed by atoms with van der Waals surface area (Å²) in [5, 5.41) is 0. The van der Waals surface area contributed by atoms with E-state index in [0.29, 0.717) is 17.9 Å². The van der Waals surface area contributed by atoms with Crippen LogP contribution in [0.1, 0.15) is 19.4 Å². The van der Waals surface area contributed by atoms with Gasteiger partial charge in [0.15, 0.2) is 0 Å². The van der Waals surface area contributed by atoms with Crippen molar-refractivity contribution in [3.63, 3.8) is 0 Å². The molecule has 1 aliphatic heterocycles. The molecule has 2 rings (SSSR count). The lowest BCUT2D eigenvalue weighted by molar-refractivity contribution is 0.0342. The number of hydrogen-bond acceptors (Lipinski definition) is 3. The normalized spacial score (nSPS) is 26.6. The molecule has 0 aliphatic carbocycles. The molecule has 3 nitrogen and oxygen atoms in total. The number of halogens is 1. The van der Waals surface area contributed by atoms with Crippen molar-refractivity contribution in [2.45, 2.75) is 26.4 Å². The Kier molecular flexibility index (Phi) is 7.67. The Hall–Kier alpha value is -0.610. The molecule has 1 saturated heterocycles. The van der Waals surface area contributed by atoms with Gasteiger partial charge in [0.25, 0.3) is 0 Å². The van der Waals surface area contributed by atoms with Gasteiger partial charge in [-0.25, -0.2) is 0 Å². The van der Waals surface area contributed by atoms with Crippen LogP contribution in [0.2, 0.25) is 0 Å². The first-order chi connectivity index (χ1) is 9.61. The molecule has 0 amide bonds. The molecule has 0 aromatic heterocycles. The minimum Gasteiger partial charge on any atom is -0.329 e. The Labute approximate surface area is 135 Å². The molecule has 0 saturated carbocycles. The van der Waals surface area contributed by atoms with Crippen LogP contribution in [-0.4, -0.2) is 49.1 Å². The zero-order valence-electron chi connectivity index (χ0n) is 13.5. The maximum atomic E-state index is 5.70. The van der Waals surface area contributed by atoms with Crippen LogP contribution in [0.3, 0.4) is 0 Å². The van der Waals surface area contributed by atoms with Crippen LogP contribution in [0.25, 0.3) is 0 Å². The summed E-state index contributed by atoms with van der Waals surface area (Å²) in [7, 11) is 2.22. The van der Waals surface area contributed by atoms with Gasteiger partial charge in [0.2, 0.25) is 0 Å². The van der Waals surface area contributed by atoms with E-state index in [9.17, 15) is 0 Å². The number of likely N-dealkylation sites (N-methyl/N-ethyl adjacent to an activating group) is 1. The molecule has 1 aromatic rings. The fourth-order valence-corrected chi connectivity index (χ4v) is 3.86. The Balaban J connectivity index is 0.00000220. The standard InChI is InChI=1S/C17H29N3.ClH/c1-14-11-20(13-16-7-5-4-6-8-16)12-15(2)17(14)19(3)10-9-18;/h4-8,14-15,17H,9-13,18H2,1-3H3;1H. The summed E-state index contributed by atoms with van der Waals surface area (Å²) in [5.41, 5.74) is 7.12. The number of nitrogens with zero attached hydrogens (tertiary/aromatic N) is 2. The first kappa shape index (κ1) is 18.4. The van der Waals surface area contributed by atoms with Crippen LogP contribution < -0.4 is 5.73 Å². The van der Waals surface area contributed by atoms with Gasteiger partial charge in [-0.1, -0.05) is 44.2 Å². The van der Waals surface area contributed by atoms with Crippen molar-refractivity contribution in [2.24, 2.45) is 17.6 Å². The quantitative estimate of drug-likeness (QED) is 0.906. The summed E-state index contributed by atoms with van der Waals surface area (Å²) < 4.78 is 0. The average Bonchev–Trinajstić information content (AvgIpc) is 2.39. The number of likely N-dealkylation sites (tertiary alicyclic amines) is 1. The van der Waals surface area contributed by atoms with Crippen molar-refractivity contribution in [2.75, 3.05) is 33.2 Å². The first-order valence-corrected chi connectivity index (χ1v) is 7.78. The van der Waals surface area contributed by atoms with Gasteiger partial charge in [-0.3, -0.25) is 4.90 Å². The molecule has 0 radical (unpaired) electrons. The summed E-state index contributed by atoms with van der Waals surface area (Å²) >= 11 is 0. The lowest BCUT2D eigenvalue weighted by atomic mass is 9.84. The van der Waals surface area contributed by atoms with Crippen molar-refractivity contribution < 1.29 is 0 Å². The van der Waals surface area contributed by atoms with Crippen LogP contribution in [0.15, 0.2) is 30.3 Å². The number of hydrogen-bond donors (Lipinski definition) is 1. The van der Waals surface area contributed by atoms with E-state index < -0.39 is 0 Å². The Morgan fingerprint density at radius 2 is 1.71 bits per heavy atom. The third-order valence-corrected chi connectivity index (χ3v) is 4.50. The van der Waals surface area contributed by atoms with E-state index in [0.717, 1.165) is 19.6 Å². The van der Waals surface area contributed by atoms with Crippen LogP contribution in [-0.2, 0) is 6.54 Å². The molecule has 0 bridgehead atoms. The molecule has 2 unspecified atom stereocenters. The smallest absolute Gasteiger partial charge is 0.0233 e. The second kappa shape index (κ2) is 8.74. The predicted octanol–water partition coefficient (Wildman–Crippen LogP) is 2.46. The van der Waals surface area contributed by atoms with E-state index in [-0.39, 0.29) is 12.4 Å². The third kappa shape index (κ3) is 4.96. The first-order valence-electron chi connectivity index (χ1n) is 7.78. The van der Waals surface area contributed by atoms with E-state index in [1.165, 1.54) is 18.7 Å². The molecular weight excluding hydrogens is 282 g/mol. The van der Waals surface area contributed by atoms with Crippen LogP contribution in [0.5, 0.6) is 0 Å². The van der Waals surface area contributed by atoms with Gasteiger partial charge in [-0.2, -0.15) is 0 Å². The Bertz CT molecular complexity index is 386. The summed E-state index contributed by atoms with van der Waals surface area (Å²) in [6, 6.07) is 11.5. The highest BCUT2D eigenvalue weighted by molar-refractivity contribution is 5.85. The van der Waals surface area contributed by atoms with Crippen LogP contribution in [0.4, 0.5) is 0 Å². The zero-order valence-corrected chi connectivity index (χ0v) is 14.4. The molecule has 2 N–H and O–H groups in total. The SMILES string of the molecule is CC1CN(Cc2ccccc2)CC(C)C1N(C)CCN.Cl. The molecule has 120 valence electrons. The van der Waals surface area contributed by atoms with Crippen molar-refractivity contribution in [3.05, 3.63) is 35.9 Å². The van der Waals surface area contributed by atoms with E-state index in [4.69, 9.17) is 5.73 Å². The maximum Gasteiger partial charge on any atom is 0.0233 e. The minimum absolute atomic E-state index is 0. The number of nitrogens with two attached hydrogens (primary N) is 1. The highest BCUT2D eigenvalue weighted by atomic mass is 35.5. The zero-order chi connectivity index (χ0) is 14.5. The Morgan fingerprint density at radius 1 is 1.14 bits per heavy atom. The van der Waals surface area contributed by atoms with Gasteiger partial charge in [-0.05, 0) is 24.4 Å². The van der Waals surface area contributed by atoms with E-state index >= 15 is 0 Å². The molecule has 2 atom stereocenters. The van der Waals surface area contributed by atoms with Gasteiger partial charge in [0.1, 0.15) is 0 Å². The second-order valence-corrected chi connectivity index (χ2v) is 6.39. The van der Waals surface area contributed by atoms with Crippen molar-refractivity contribution in [3.8, 4) is 0 Å². The maximum absolute atomic E-state index is 5.70. The highest BCUT2D eigenvalue weighted by Crippen LogP contribution is 2.26. The average molecular weight is 312 g/mol. The monoisotopic (exact) mass is 311 g/mol. The van der Waals surface area contributed by atoms with Crippen LogP contribution >= 0.6 is 12.4 Å². The van der Waals surface area contributed by atoms with Gasteiger partial charge >= 0.3 is 0 Å². The molecule has 1 aliphatic rings. The summed E-state index contributed by atoms with van der Waals surface area (Å²) in [6.07, 6.45) is 0. The van der Waals surface area contributed by atoms with Gasteiger partial charge in [0, 0.05) is 38.8 Å². The van der Waals surface area contributed by atoms with Crippen molar-refractivity contribution in [1.82, 2.24) is 9.80 Å². The van der Waals surface area contributed by atoms with Gasteiger partial charge < -0.3 is 10.6 Å². The van der Waals surface area contributed by atoms with E-state index in [1.54, 1.807) is 0 Å². The predicted molar refractivity (Wildman–Crippen MR) is 92.8 cm³/mol. The number of benzene rings is 1. The number of piperidine rings is 1. The summed E-state index contributed by atoms with van der Waals surface area (Å²) in [4.78, 5) is 5.05. The van der Waals surface area contributed by atoms with E-state index in [1.807, 2.05) is 0 Å². The van der Waals surface area contributed by atoms with E-state index in [2.05, 4.69) is 61.0 Å². The fourth-order valence-electron chi connectivity index (χ4n) is 3.86. The molecule has 1 fully saturated rings. The molecule has 4 heteroatoms. The van der Waals surface area contributed by atoms with Crippen LogP contribution in [0, 0.1) is 11.8 Å². The molecule has 21 heavy (non-hydrogen) atoms. The summed E-state index contributed by atoms with van der Waals surface area (Å²) in [6.45, 7) is 9.94. The lowest BCUT2D eigenvalue weighted by Gasteiger charge is -2.45.